The van der Waals surface area contributed by atoms with E-state index in [4.69, 9.17) is 5.73 Å². The maximum Gasteiger partial charge on any atom is 0.125 e. The molecule has 2 rings (SSSR count). The third-order valence-electron chi connectivity index (χ3n) is 1.89. The Hall–Kier alpha value is -1.91. The Morgan fingerprint density at radius 1 is 1.43 bits per heavy atom. The molecule has 0 aliphatic rings. The van der Waals surface area contributed by atoms with E-state index < -0.39 is 0 Å². The van der Waals surface area contributed by atoms with Gasteiger partial charge in [-0.1, -0.05) is 0 Å². The Morgan fingerprint density at radius 2 is 2.21 bits per heavy atom. The highest BCUT2D eigenvalue weighted by Crippen LogP contribution is 2.23. The second-order valence-corrected chi connectivity index (χ2v) is 2.95. The number of aryl methyl sites for hydroxylation is 1. The van der Waals surface area contributed by atoms with Gasteiger partial charge in [0.1, 0.15) is 11.5 Å². The van der Waals surface area contributed by atoms with Crippen molar-refractivity contribution in [2.75, 3.05) is 5.73 Å². The molecule has 2 aromatic rings. The molecule has 0 unspecified atom stereocenters. The summed E-state index contributed by atoms with van der Waals surface area (Å²) in [6, 6.07) is 4.21. The number of halogens is 1. The summed E-state index contributed by atoms with van der Waals surface area (Å²) < 4.78 is 12.7. The lowest BCUT2D eigenvalue weighted by molar-refractivity contribution is 0.628. The molecule has 0 saturated heterocycles. The van der Waals surface area contributed by atoms with Crippen LogP contribution in [-0.4, -0.2) is 15.0 Å². The molecule has 0 fully saturated rings. The number of nitrogens with zero attached hydrogens (tertiary/aromatic N) is 3. The molecule has 5 heteroatoms. The predicted octanol–water partition coefficient (Wildman–Crippen LogP) is 1.20. The van der Waals surface area contributed by atoms with Gasteiger partial charge in [0, 0.05) is 18.3 Å². The molecule has 2 N–H and O–H groups in total. The van der Waals surface area contributed by atoms with Crippen molar-refractivity contribution in [3.05, 3.63) is 30.2 Å². The van der Waals surface area contributed by atoms with E-state index in [9.17, 15) is 4.39 Å². The minimum absolute atomic E-state index is 0.352. The van der Waals surface area contributed by atoms with E-state index in [2.05, 4.69) is 10.2 Å². The van der Waals surface area contributed by atoms with Crippen molar-refractivity contribution < 1.29 is 4.39 Å². The molecule has 14 heavy (non-hydrogen) atoms. The van der Waals surface area contributed by atoms with E-state index in [0.29, 0.717) is 16.9 Å². The average molecular weight is 192 g/mol. The molecule has 1 aromatic heterocycles. The minimum atomic E-state index is -0.352. The lowest BCUT2D eigenvalue weighted by Gasteiger charge is -2.00. The van der Waals surface area contributed by atoms with Crippen molar-refractivity contribution in [1.29, 1.82) is 0 Å². The largest absolute Gasteiger partial charge is 0.398 e. The lowest BCUT2D eigenvalue weighted by atomic mass is 10.1. The van der Waals surface area contributed by atoms with Crippen molar-refractivity contribution in [3.63, 3.8) is 0 Å². The zero-order valence-corrected chi connectivity index (χ0v) is 7.61. The third kappa shape index (κ3) is 1.44. The zero-order chi connectivity index (χ0) is 10.1. The van der Waals surface area contributed by atoms with Crippen molar-refractivity contribution in [2.45, 2.75) is 0 Å². The number of hydrogen-bond acceptors (Lipinski definition) is 3. The summed E-state index contributed by atoms with van der Waals surface area (Å²) in [5.41, 5.74) is 7.35. The van der Waals surface area contributed by atoms with Crippen LogP contribution in [0.3, 0.4) is 0 Å². The van der Waals surface area contributed by atoms with Crippen LogP contribution in [-0.2, 0) is 7.05 Å². The van der Waals surface area contributed by atoms with Crippen LogP contribution in [0.4, 0.5) is 10.1 Å². The maximum atomic E-state index is 12.7. The number of anilines is 1. The summed E-state index contributed by atoms with van der Waals surface area (Å²) in [4.78, 5) is 1.43. The Labute approximate surface area is 80.2 Å². The Balaban J connectivity index is 2.52. The first-order chi connectivity index (χ1) is 6.66. The van der Waals surface area contributed by atoms with Crippen molar-refractivity contribution in [1.82, 2.24) is 15.0 Å². The molecule has 0 bridgehead atoms. The van der Waals surface area contributed by atoms with Crippen LogP contribution < -0.4 is 5.73 Å². The lowest BCUT2D eigenvalue weighted by Crippen LogP contribution is -1.94. The molecule has 72 valence electrons. The smallest absolute Gasteiger partial charge is 0.125 e. The fourth-order valence-corrected chi connectivity index (χ4v) is 1.24. The van der Waals surface area contributed by atoms with Crippen LogP contribution in [0, 0.1) is 5.82 Å². The molecule has 1 heterocycles. The number of nitrogen functional groups attached to an aromatic ring is 1. The fourth-order valence-electron chi connectivity index (χ4n) is 1.24. The molecule has 0 radical (unpaired) electrons. The van der Waals surface area contributed by atoms with E-state index in [1.54, 1.807) is 19.3 Å². The topological polar surface area (TPSA) is 56.7 Å². The molecular formula is C9H9FN4. The summed E-state index contributed by atoms with van der Waals surface area (Å²) in [5, 5.41) is 7.99. The molecule has 0 saturated carbocycles. The summed E-state index contributed by atoms with van der Waals surface area (Å²) in [6.07, 6.45) is 1.59. The maximum absolute atomic E-state index is 12.7. The van der Waals surface area contributed by atoms with Crippen LogP contribution in [0.25, 0.3) is 11.3 Å². The Kier molecular flexibility index (Phi) is 1.92. The van der Waals surface area contributed by atoms with Gasteiger partial charge in [-0.05, 0) is 18.2 Å². The molecule has 0 spiro atoms. The molecule has 0 aliphatic heterocycles. The average Bonchev–Trinajstić information content (AvgIpc) is 2.51. The van der Waals surface area contributed by atoms with Gasteiger partial charge < -0.3 is 5.73 Å². The zero-order valence-electron chi connectivity index (χ0n) is 7.61. The Bertz CT molecular complexity index is 464. The van der Waals surface area contributed by atoms with Gasteiger partial charge in [-0.2, -0.15) is 15.0 Å². The van der Waals surface area contributed by atoms with Gasteiger partial charge in [0.25, 0.3) is 0 Å². The molecular weight excluding hydrogens is 183 g/mol. The van der Waals surface area contributed by atoms with E-state index in [-0.39, 0.29) is 5.82 Å². The number of benzene rings is 1. The van der Waals surface area contributed by atoms with Crippen molar-refractivity contribution in [2.24, 2.45) is 7.05 Å². The first kappa shape index (κ1) is 8.68. The van der Waals surface area contributed by atoms with Gasteiger partial charge in [0.2, 0.25) is 0 Å². The SMILES string of the molecule is Cn1ncc(-c2ccc(F)cc2N)n1. The van der Waals surface area contributed by atoms with Gasteiger partial charge in [-0.15, -0.1) is 0 Å². The number of nitrogens with two attached hydrogens (primary N) is 1. The molecule has 0 aliphatic carbocycles. The van der Waals surface area contributed by atoms with Crippen LogP contribution >= 0.6 is 0 Å². The highest BCUT2D eigenvalue weighted by Gasteiger charge is 2.06. The van der Waals surface area contributed by atoms with E-state index in [1.807, 2.05) is 0 Å². The van der Waals surface area contributed by atoms with Crippen LogP contribution in [0.2, 0.25) is 0 Å². The normalized spacial score (nSPS) is 10.4. The second-order valence-electron chi connectivity index (χ2n) is 2.95. The number of rotatable bonds is 1. The van der Waals surface area contributed by atoms with Gasteiger partial charge in [0.15, 0.2) is 0 Å². The van der Waals surface area contributed by atoms with Gasteiger partial charge >= 0.3 is 0 Å². The molecule has 1 aromatic carbocycles. The van der Waals surface area contributed by atoms with Crippen LogP contribution in [0.1, 0.15) is 0 Å². The quantitative estimate of drug-likeness (QED) is 0.691. The van der Waals surface area contributed by atoms with Gasteiger partial charge in [-0.3, -0.25) is 0 Å². The van der Waals surface area contributed by atoms with Crippen LogP contribution in [0.15, 0.2) is 24.4 Å². The van der Waals surface area contributed by atoms with E-state index in [1.165, 1.54) is 16.9 Å². The summed E-state index contributed by atoms with van der Waals surface area (Å²) in [5.74, 6) is -0.352. The van der Waals surface area contributed by atoms with Gasteiger partial charge in [0.05, 0.1) is 6.20 Å². The summed E-state index contributed by atoms with van der Waals surface area (Å²) >= 11 is 0. The number of aromatic nitrogens is 3. The highest BCUT2D eigenvalue weighted by molar-refractivity contribution is 5.72. The van der Waals surface area contributed by atoms with Crippen LogP contribution in [0.5, 0.6) is 0 Å². The number of hydrogen-bond donors (Lipinski definition) is 1. The summed E-state index contributed by atoms with van der Waals surface area (Å²) in [7, 11) is 1.71. The Morgan fingerprint density at radius 3 is 2.79 bits per heavy atom. The fraction of sp³-hybridized carbons (Fsp3) is 0.111. The van der Waals surface area contributed by atoms with Gasteiger partial charge in [-0.25, -0.2) is 4.39 Å². The van der Waals surface area contributed by atoms with E-state index in [0.717, 1.165) is 0 Å². The molecule has 0 amide bonds. The molecule has 4 nitrogen and oxygen atoms in total. The minimum Gasteiger partial charge on any atom is -0.398 e. The highest BCUT2D eigenvalue weighted by atomic mass is 19.1. The monoisotopic (exact) mass is 192 g/mol. The second kappa shape index (κ2) is 3.10. The standard InChI is InChI=1S/C9H9FN4/c1-14-12-5-9(13-14)7-3-2-6(10)4-8(7)11/h2-5H,11H2,1H3. The molecule has 0 atom stereocenters. The summed E-state index contributed by atoms with van der Waals surface area (Å²) in [6.45, 7) is 0. The third-order valence-corrected chi connectivity index (χ3v) is 1.89. The first-order valence-corrected chi connectivity index (χ1v) is 4.08. The first-order valence-electron chi connectivity index (χ1n) is 4.08. The van der Waals surface area contributed by atoms with Crippen molar-refractivity contribution in [3.8, 4) is 11.3 Å². The predicted molar refractivity (Wildman–Crippen MR) is 50.8 cm³/mol. The van der Waals surface area contributed by atoms with E-state index >= 15 is 0 Å². The van der Waals surface area contributed by atoms with Crippen molar-refractivity contribution >= 4 is 5.69 Å².